The predicted octanol–water partition coefficient (Wildman–Crippen LogP) is 1.77. The Balaban J connectivity index is 1.93. The monoisotopic (exact) mass is 285 g/mol. The van der Waals surface area contributed by atoms with E-state index in [4.69, 9.17) is 0 Å². The summed E-state index contributed by atoms with van der Waals surface area (Å²) in [4.78, 5) is 25.3. The number of nitrogens with one attached hydrogen (secondary N) is 1. The van der Waals surface area contributed by atoms with Gasteiger partial charge < -0.3 is 10.0 Å². The van der Waals surface area contributed by atoms with Gasteiger partial charge in [0.2, 0.25) is 0 Å². The minimum absolute atomic E-state index is 0.285. The maximum Gasteiger partial charge on any atom is 0.326 e. The van der Waals surface area contributed by atoms with Crippen molar-refractivity contribution in [3.8, 4) is 11.3 Å². The molecule has 1 aliphatic rings. The van der Waals surface area contributed by atoms with Crippen LogP contribution in [0, 0.1) is 0 Å². The second-order valence-electron chi connectivity index (χ2n) is 5.02. The number of carboxylic acids is 1. The highest BCUT2D eigenvalue weighted by molar-refractivity contribution is 6.01. The molecule has 6 heteroatoms. The van der Waals surface area contributed by atoms with Gasteiger partial charge in [-0.05, 0) is 12.8 Å². The lowest BCUT2D eigenvalue weighted by Crippen LogP contribution is -2.40. The molecule has 0 aliphatic carbocycles. The van der Waals surface area contributed by atoms with Crippen LogP contribution in [-0.4, -0.2) is 44.7 Å². The number of aromatic amines is 1. The average Bonchev–Trinajstić information content (AvgIpc) is 3.16. The maximum absolute atomic E-state index is 12.6. The zero-order valence-corrected chi connectivity index (χ0v) is 11.3. The highest BCUT2D eigenvalue weighted by atomic mass is 16.4. The summed E-state index contributed by atoms with van der Waals surface area (Å²) in [7, 11) is 0. The lowest BCUT2D eigenvalue weighted by molar-refractivity contribution is -0.141. The fourth-order valence-electron chi connectivity index (χ4n) is 2.69. The molecule has 0 saturated carbocycles. The lowest BCUT2D eigenvalue weighted by atomic mass is 10.1. The molecule has 1 aromatic heterocycles. The highest BCUT2D eigenvalue weighted by Gasteiger charge is 2.35. The SMILES string of the molecule is O=C(O)[C@H]1CCCN1C(=O)c1cn[nH]c1-c1ccccc1. The van der Waals surface area contributed by atoms with Crippen molar-refractivity contribution in [1.82, 2.24) is 15.1 Å². The van der Waals surface area contributed by atoms with E-state index in [1.807, 2.05) is 30.3 Å². The number of nitrogens with zero attached hydrogens (tertiary/aromatic N) is 2. The summed E-state index contributed by atoms with van der Waals surface area (Å²) in [5.74, 6) is -1.24. The van der Waals surface area contributed by atoms with Gasteiger partial charge in [0.25, 0.3) is 5.91 Å². The number of aromatic nitrogens is 2. The van der Waals surface area contributed by atoms with E-state index in [0.29, 0.717) is 30.6 Å². The Morgan fingerprint density at radius 3 is 2.76 bits per heavy atom. The van der Waals surface area contributed by atoms with E-state index >= 15 is 0 Å². The molecule has 0 unspecified atom stereocenters. The standard InChI is InChI=1S/C15H15N3O3/c19-14(18-8-4-7-12(18)15(20)21)11-9-16-17-13(11)10-5-2-1-3-6-10/h1-3,5-6,9,12H,4,7-8H2,(H,16,17)(H,20,21)/t12-/m1/s1. The molecule has 1 aliphatic heterocycles. The van der Waals surface area contributed by atoms with Crippen molar-refractivity contribution in [3.05, 3.63) is 42.1 Å². The Bertz CT molecular complexity index is 666. The summed E-state index contributed by atoms with van der Waals surface area (Å²) in [5.41, 5.74) is 1.88. The van der Waals surface area contributed by atoms with Crippen LogP contribution in [0.2, 0.25) is 0 Å². The molecule has 0 spiro atoms. The maximum atomic E-state index is 12.6. The van der Waals surface area contributed by atoms with Crippen LogP contribution < -0.4 is 0 Å². The normalized spacial score (nSPS) is 17.9. The van der Waals surface area contributed by atoms with Crippen molar-refractivity contribution in [1.29, 1.82) is 0 Å². The first-order valence-electron chi connectivity index (χ1n) is 6.81. The van der Waals surface area contributed by atoms with E-state index in [0.717, 1.165) is 5.56 Å². The largest absolute Gasteiger partial charge is 0.480 e. The van der Waals surface area contributed by atoms with E-state index in [1.54, 1.807) is 0 Å². The number of hydrogen-bond acceptors (Lipinski definition) is 3. The summed E-state index contributed by atoms with van der Waals surface area (Å²) in [6, 6.07) is 8.66. The fourth-order valence-corrected chi connectivity index (χ4v) is 2.69. The Hall–Kier alpha value is -2.63. The van der Waals surface area contributed by atoms with Crippen LogP contribution in [-0.2, 0) is 4.79 Å². The van der Waals surface area contributed by atoms with E-state index in [2.05, 4.69) is 10.2 Å². The molecular formula is C15H15N3O3. The van der Waals surface area contributed by atoms with Gasteiger partial charge >= 0.3 is 5.97 Å². The minimum Gasteiger partial charge on any atom is -0.480 e. The fraction of sp³-hybridized carbons (Fsp3) is 0.267. The number of aliphatic carboxylic acids is 1. The van der Waals surface area contributed by atoms with Gasteiger partial charge in [0.1, 0.15) is 6.04 Å². The number of carbonyl (C=O) groups is 2. The molecule has 2 heterocycles. The first kappa shape index (κ1) is 13.4. The smallest absolute Gasteiger partial charge is 0.326 e. The van der Waals surface area contributed by atoms with Crippen molar-refractivity contribution >= 4 is 11.9 Å². The predicted molar refractivity (Wildman–Crippen MR) is 75.7 cm³/mol. The van der Waals surface area contributed by atoms with Crippen LogP contribution in [0.4, 0.5) is 0 Å². The second kappa shape index (κ2) is 5.40. The molecule has 2 aromatic rings. The van der Waals surface area contributed by atoms with Gasteiger partial charge in [-0.25, -0.2) is 4.79 Å². The molecule has 21 heavy (non-hydrogen) atoms. The Morgan fingerprint density at radius 2 is 2.05 bits per heavy atom. The minimum atomic E-state index is -0.953. The van der Waals surface area contributed by atoms with Crippen LogP contribution in [0.3, 0.4) is 0 Å². The van der Waals surface area contributed by atoms with Crippen LogP contribution in [0.25, 0.3) is 11.3 Å². The van der Waals surface area contributed by atoms with Crippen LogP contribution in [0.5, 0.6) is 0 Å². The third-order valence-corrected chi connectivity index (χ3v) is 3.73. The number of amides is 1. The van der Waals surface area contributed by atoms with Gasteiger partial charge in [-0.2, -0.15) is 5.10 Å². The first-order chi connectivity index (χ1) is 10.2. The van der Waals surface area contributed by atoms with Gasteiger partial charge in [-0.15, -0.1) is 0 Å². The Kier molecular flexibility index (Phi) is 3.43. The summed E-state index contributed by atoms with van der Waals surface area (Å²) < 4.78 is 0. The number of carboxylic acid groups (broad SMARTS) is 1. The zero-order valence-electron chi connectivity index (χ0n) is 11.3. The van der Waals surface area contributed by atoms with Gasteiger partial charge in [0.05, 0.1) is 17.5 Å². The number of hydrogen-bond donors (Lipinski definition) is 2. The van der Waals surface area contributed by atoms with E-state index in [1.165, 1.54) is 11.1 Å². The number of H-pyrrole nitrogens is 1. The Morgan fingerprint density at radius 1 is 1.29 bits per heavy atom. The number of rotatable bonds is 3. The van der Waals surface area contributed by atoms with Gasteiger partial charge in [0.15, 0.2) is 0 Å². The molecule has 2 N–H and O–H groups in total. The van der Waals surface area contributed by atoms with Crippen molar-refractivity contribution in [3.63, 3.8) is 0 Å². The molecule has 108 valence electrons. The third-order valence-electron chi connectivity index (χ3n) is 3.73. The molecule has 6 nitrogen and oxygen atoms in total. The van der Waals surface area contributed by atoms with Crippen LogP contribution >= 0.6 is 0 Å². The van der Waals surface area contributed by atoms with Crippen LogP contribution in [0.1, 0.15) is 23.2 Å². The van der Waals surface area contributed by atoms with Crippen molar-refractivity contribution in [2.75, 3.05) is 6.54 Å². The number of carbonyl (C=O) groups excluding carboxylic acids is 1. The molecule has 1 aromatic carbocycles. The lowest BCUT2D eigenvalue weighted by Gasteiger charge is -2.21. The molecule has 3 rings (SSSR count). The van der Waals surface area contributed by atoms with E-state index < -0.39 is 12.0 Å². The second-order valence-corrected chi connectivity index (χ2v) is 5.02. The van der Waals surface area contributed by atoms with E-state index in [-0.39, 0.29) is 5.91 Å². The van der Waals surface area contributed by atoms with Crippen LogP contribution in [0.15, 0.2) is 36.5 Å². The zero-order chi connectivity index (χ0) is 14.8. The van der Waals surface area contributed by atoms with Gasteiger partial charge in [-0.1, -0.05) is 30.3 Å². The van der Waals surface area contributed by atoms with E-state index in [9.17, 15) is 14.7 Å². The van der Waals surface area contributed by atoms with Crippen molar-refractivity contribution in [2.45, 2.75) is 18.9 Å². The average molecular weight is 285 g/mol. The molecular weight excluding hydrogens is 270 g/mol. The summed E-state index contributed by atoms with van der Waals surface area (Å²) >= 11 is 0. The summed E-state index contributed by atoms with van der Waals surface area (Å²) in [6.07, 6.45) is 2.67. The molecule has 1 amide bonds. The number of benzene rings is 1. The number of likely N-dealkylation sites (tertiary alicyclic amines) is 1. The molecule has 1 atom stereocenters. The molecule has 1 fully saturated rings. The highest BCUT2D eigenvalue weighted by Crippen LogP contribution is 2.25. The van der Waals surface area contributed by atoms with Gasteiger partial charge in [0, 0.05) is 12.1 Å². The third kappa shape index (κ3) is 2.40. The molecule has 0 radical (unpaired) electrons. The Labute approximate surface area is 121 Å². The molecule has 0 bridgehead atoms. The van der Waals surface area contributed by atoms with Gasteiger partial charge in [-0.3, -0.25) is 9.89 Å². The quantitative estimate of drug-likeness (QED) is 0.899. The van der Waals surface area contributed by atoms with Crippen molar-refractivity contribution < 1.29 is 14.7 Å². The first-order valence-corrected chi connectivity index (χ1v) is 6.81. The summed E-state index contributed by atoms with van der Waals surface area (Å²) in [6.45, 7) is 0.467. The summed E-state index contributed by atoms with van der Waals surface area (Å²) in [5, 5.41) is 16.0. The topological polar surface area (TPSA) is 86.3 Å². The molecule has 1 saturated heterocycles. The van der Waals surface area contributed by atoms with Crippen molar-refractivity contribution in [2.24, 2.45) is 0 Å².